The van der Waals surface area contributed by atoms with Crippen LogP contribution < -0.4 is 0 Å². The van der Waals surface area contributed by atoms with Crippen molar-refractivity contribution >= 4 is 37.4 Å². The molecule has 5 heteroatoms. The van der Waals surface area contributed by atoms with Crippen LogP contribution in [0.25, 0.3) is 0 Å². The molecule has 0 radical (unpaired) electrons. The standard InChI is InChI=1S/C13H16BrClO2S/c14-9-13(7-3-4-8-13)10-18(16,17)12-6-2-1-5-11(12)15/h1-2,5-6H,3-4,7-10H2. The number of alkyl halides is 1. The maximum atomic E-state index is 12.5. The third-order valence-corrected chi connectivity index (χ3v) is 7.27. The molecule has 1 aromatic carbocycles. The Labute approximate surface area is 122 Å². The van der Waals surface area contributed by atoms with Crippen LogP contribution in [-0.4, -0.2) is 19.5 Å². The van der Waals surface area contributed by atoms with Crippen LogP contribution in [0.4, 0.5) is 0 Å². The Bertz CT molecular complexity index is 522. The normalized spacial score (nSPS) is 19.0. The molecule has 18 heavy (non-hydrogen) atoms. The third-order valence-electron chi connectivity index (χ3n) is 3.62. The van der Waals surface area contributed by atoms with Crippen molar-refractivity contribution in [2.75, 3.05) is 11.1 Å². The van der Waals surface area contributed by atoms with Crippen molar-refractivity contribution in [1.82, 2.24) is 0 Å². The van der Waals surface area contributed by atoms with Gasteiger partial charge in [0.15, 0.2) is 9.84 Å². The van der Waals surface area contributed by atoms with Crippen molar-refractivity contribution in [3.05, 3.63) is 29.3 Å². The molecule has 1 saturated carbocycles. The smallest absolute Gasteiger partial charge is 0.180 e. The molecule has 100 valence electrons. The average Bonchev–Trinajstić information content (AvgIpc) is 2.78. The molecule has 0 spiro atoms. The number of benzene rings is 1. The molecule has 1 fully saturated rings. The Morgan fingerprint density at radius 3 is 2.39 bits per heavy atom. The van der Waals surface area contributed by atoms with E-state index >= 15 is 0 Å². The number of hydrogen-bond donors (Lipinski definition) is 0. The van der Waals surface area contributed by atoms with E-state index in [4.69, 9.17) is 11.6 Å². The van der Waals surface area contributed by atoms with Gasteiger partial charge in [0.1, 0.15) is 0 Å². The zero-order chi connectivity index (χ0) is 13.2. The molecule has 0 saturated heterocycles. The molecule has 0 aromatic heterocycles. The number of halogens is 2. The summed E-state index contributed by atoms with van der Waals surface area (Å²) in [5.41, 5.74) is -0.113. The number of hydrogen-bond acceptors (Lipinski definition) is 2. The molecule has 1 aromatic rings. The molecule has 0 unspecified atom stereocenters. The van der Waals surface area contributed by atoms with Crippen LogP contribution in [0.5, 0.6) is 0 Å². The van der Waals surface area contributed by atoms with Gasteiger partial charge < -0.3 is 0 Å². The second kappa shape index (κ2) is 5.51. The van der Waals surface area contributed by atoms with E-state index < -0.39 is 9.84 Å². The lowest BCUT2D eigenvalue weighted by atomic mass is 9.92. The van der Waals surface area contributed by atoms with Crippen molar-refractivity contribution < 1.29 is 8.42 Å². The van der Waals surface area contributed by atoms with E-state index in [0.29, 0.717) is 5.02 Å². The van der Waals surface area contributed by atoms with Gasteiger partial charge in [-0.05, 0) is 30.4 Å². The van der Waals surface area contributed by atoms with Crippen LogP contribution in [-0.2, 0) is 9.84 Å². The summed E-state index contributed by atoms with van der Waals surface area (Å²) in [7, 11) is -3.31. The zero-order valence-electron chi connectivity index (χ0n) is 10.0. The van der Waals surface area contributed by atoms with E-state index in [1.54, 1.807) is 24.3 Å². The monoisotopic (exact) mass is 350 g/mol. The van der Waals surface area contributed by atoms with Gasteiger partial charge in [0.05, 0.1) is 15.7 Å². The Hall–Kier alpha value is -0.0600. The van der Waals surface area contributed by atoms with E-state index in [1.807, 2.05) is 0 Å². The van der Waals surface area contributed by atoms with E-state index in [9.17, 15) is 8.42 Å². The van der Waals surface area contributed by atoms with Crippen molar-refractivity contribution in [1.29, 1.82) is 0 Å². The largest absolute Gasteiger partial charge is 0.224 e. The second-order valence-electron chi connectivity index (χ2n) is 5.03. The predicted octanol–water partition coefficient (Wildman–Crippen LogP) is 4.07. The summed E-state index contributed by atoms with van der Waals surface area (Å²) in [5.74, 6) is 0.189. The summed E-state index contributed by atoms with van der Waals surface area (Å²) in [4.78, 5) is 0.263. The van der Waals surface area contributed by atoms with Gasteiger partial charge >= 0.3 is 0 Å². The molecule has 2 nitrogen and oxygen atoms in total. The van der Waals surface area contributed by atoms with E-state index in [-0.39, 0.29) is 16.1 Å². The summed E-state index contributed by atoms with van der Waals surface area (Å²) in [6, 6.07) is 6.68. The van der Waals surface area contributed by atoms with Gasteiger partial charge in [-0.25, -0.2) is 8.42 Å². The van der Waals surface area contributed by atoms with E-state index in [0.717, 1.165) is 31.0 Å². The van der Waals surface area contributed by atoms with Gasteiger partial charge in [-0.1, -0.05) is 52.5 Å². The minimum absolute atomic E-state index is 0.113. The molecule has 1 aliphatic carbocycles. The Balaban J connectivity index is 2.30. The molecular formula is C13H16BrClO2S. The first-order valence-electron chi connectivity index (χ1n) is 6.02. The highest BCUT2D eigenvalue weighted by Crippen LogP contribution is 2.42. The first-order chi connectivity index (χ1) is 8.49. The second-order valence-corrected chi connectivity index (χ2v) is 7.96. The summed E-state index contributed by atoms with van der Waals surface area (Å²) < 4.78 is 24.9. The zero-order valence-corrected chi connectivity index (χ0v) is 13.2. The molecule has 2 rings (SSSR count). The topological polar surface area (TPSA) is 34.1 Å². The average molecular weight is 352 g/mol. The molecule has 0 atom stereocenters. The Kier molecular flexibility index (Phi) is 4.40. The molecule has 1 aliphatic rings. The van der Waals surface area contributed by atoms with Crippen molar-refractivity contribution in [3.63, 3.8) is 0 Å². The van der Waals surface area contributed by atoms with Crippen molar-refractivity contribution in [2.45, 2.75) is 30.6 Å². The fraction of sp³-hybridized carbons (Fsp3) is 0.538. The van der Waals surface area contributed by atoms with Crippen LogP contribution >= 0.6 is 27.5 Å². The summed E-state index contributed by atoms with van der Waals surface area (Å²) in [6.45, 7) is 0. The lowest BCUT2D eigenvalue weighted by molar-refractivity contribution is 0.394. The van der Waals surface area contributed by atoms with Gasteiger partial charge in [-0.15, -0.1) is 0 Å². The van der Waals surface area contributed by atoms with Crippen LogP contribution in [0.3, 0.4) is 0 Å². The van der Waals surface area contributed by atoms with Gasteiger partial charge in [-0.3, -0.25) is 0 Å². The van der Waals surface area contributed by atoms with Crippen molar-refractivity contribution in [3.8, 4) is 0 Å². The minimum atomic E-state index is -3.31. The lowest BCUT2D eigenvalue weighted by Crippen LogP contribution is -2.29. The first-order valence-corrected chi connectivity index (χ1v) is 9.18. The highest BCUT2D eigenvalue weighted by atomic mass is 79.9. The molecule has 0 N–H and O–H groups in total. The van der Waals surface area contributed by atoms with Crippen LogP contribution in [0, 0.1) is 5.41 Å². The first kappa shape index (κ1) is 14.4. The van der Waals surface area contributed by atoms with E-state index in [2.05, 4.69) is 15.9 Å². The van der Waals surface area contributed by atoms with Crippen molar-refractivity contribution in [2.24, 2.45) is 5.41 Å². The lowest BCUT2D eigenvalue weighted by Gasteiger charge is -2.26. The SMILES string of the molecule is O=S(=O)(CC1(CBr)CCCC1)c1ccccc1Cl. The maximum Gasteiger partial charge on any atom is 0.180 e. The van der Waals surface area contributed by atoms with Gasteiger partial charge in [-0.2, -0.15) is 0 Å². The van der Waals surface area contributed by atoms with Crippen LogP contribution in [0.2, 0.25) is 5.02 Å². The highest BCUT2D eigenvalue weighted by Gasteiger charge is 2.38. The fourth-order valence-corrected chi connectivity index (χ4v) is 6.13. The summed E-state index contributed by atoms with van der Waals surface area (Å²) in [6.07, 6.45) is 4.18. The molecule has 0 aliphatic heterocycles. The maximum absolute atomic E-state index is 12.5. The highest BCUT2D eigenvalue weighted by molar-refractivity contribution is 9.09. The quantitative estimate of drug-likeness (QED) is 0.766. The number of sulfone groups is 1. The van der Waals surface area contributed by atoms with Crippen LogP contribution in [0.1, 0.15) is 25.7 Å². The van der Waals surface area contributed by atoms with Gasteiger partial charge in [0.2, 0.25) is 0 Å². The Morgan fingerprint density at radius 2 is 1.83 bits per heavy atom. The fourth-order valence-electron chi connectivity index (χ4n) is 2.62. The molecule has 0 bridgehead atoms. The van der Waals surface area contributed by atoms with E-state index in [1.165, 1.54) is 0 Å². The van der Waals surface area contributed by atoms with Gasteiger partial charge in [0.25, 0.3) is 0 Å². The Morgan fingerprint density at radius 1 is 1.22 bits per heavy atom. The number of rotatable bonds is 4. The molecule has 0 amide bonds. The molecular weight excluding hydrogens is 336 g/mol. The third kappa shape index (κ3) is 2.91. The summed E-state index contributed by atoms with van der Waals surface area (Å²) in [5, 5.41) is 1.06. The summed E-state index contributed by atoms with van der Waals surface area (Å²) >= 11 is 9.47. The van der Waals surface area contributed by atoms with Crippen LogP contribution in [0.15, 0.2) is 29.2 Å². The minimum Gasteiger partial charge on any atom is -0.224 e. The predicted molar refractivity (Wildman–Crippen MR) is 78.2 cm³/mol. The van der Waals surface area contributed by atoms with Gasteiger partial charge in [0, 0.05) is 5.33 Å². The molecule has 0 heterocycles.